The van der Waals surface area contributed by atoms with Crippen LogP contribution in [-0.2, 0) is 30.0 Å². The molecule has 0 aliphatic carbocycles. The molecular weight excluding hydrogens is 769 g/mol. The molecule has 1 amide bonds. The van der Waals surface area contributed by atoms with Gasteiger partial charge in [-0.15, -0.1) is 15.0 Å². The number of amides is 1. The van der Waals surface area contributed by atoms with E-state index in [1.807, 2.05) is 71.6 Å². The molecule has 0 spiro atoms. The number of carbonyl (C=O) groups excluding carboxylic acids is 1. The monoisotopic (exact) mass is 820 g/mol. The summed E-state index contributed by atoms with van der Waals surface area (Å²) in [6.07, 6.45) is 3.78. The quantitative estimate of drug-likeness (QED) is 0.0793. The number of aryl methyl sites for hydroxylation is 2. The number of anilines is 1. The summed E-state index contributed by atoms with van der Waals surface area (Å²) in [7, 11) is 0. The third-order valence-electron chi connectivity index (χ3n) is 11.9. The highest BCUT2D eigenvalue weighted by atomic mass is 16.2. The third kappa shape index (κ3) is 9.00. The Hall–Kier alpha value is -7.08. The fourth-order valence-corrected chi connectivity index (χ4v) is 9.21. The highest BCUT2D eigenvalue weighted by molar-refractivity contribution is 5.93. The maximum absolute atomic E-state index is 14.8. The number of rotatable bonds is 14. The second kappa shape index (κ2) is 19.1. The number of hydrogen-bond donors (Lipinski definition) is 0. The molecule has 62 heavy (non-hydrogen) atoms. The number of nitriles is 2. The van der Waals surface area contributed by atoms with Crippen molar-refractivity contribution in [3.63, 3.8) is 0 Å². The topological polar surface area (TPSA) is 121 Å². The molecule has 11 heteroatoms. The van der Waals surface area contributed by atoms with E-state index in [-0.39, 0.29) is 24.4 Å². The van der Waals surface area contributed by atoms with Crippen molar-refractivity contribution in [1.29, 1.82) is 10.5 Å². The molecule has 2 aliphatic heterocycles. The fraction of sp³-hybridized carbons (Fsp3) is 0.294. The maximum Gasteiger partial charge on any atom is 0.229 e. The van der Waals surface area contributed by atoms with E-state index in [1.165, 1.54) is 19.3 Å². The Kier molecular flexibility index (Phi) is 12.8. The Morgan fingerprint density at radius 3 is 1.87 bits per heavy atom. The maximum atomic E-state index is 14.8. The lowest BCUT2D eigenvalue weighted by Crippen LogP contribution is -2.40. The molecule has 0 unspecified atom stereocenters. The first kappa shape index (κ1) is 41.6. The smallest absolute Gasteiger partial charge is 0.229 e. The molecule has 2 saturated heterocycles. The zero-order chi connectivity index (χ0) is 42.9. The number of likely N-dealkylation sites (tertiary alicyclic amines) is 1. The molecule has 1 aromatic heterocycles. The van der Waals surface area contributed by atoms with Crippen LogP contribution in [0.15, 0.2) is 145 Å². The average Bonchev–Trinajstić information content (AvgIpc) is 3.94. The predicted molar refractivity (Wildman–Crippen MR) is 240 cm³/mol. The van der Waals surface area contributed by atoms with Crippen molar-refractivity contribution in [2.45, 2.75) is 64.7 Å². The number of hydrogen-bond acceptors (Lipinski definition) is 9. The first-order valence-corrected chi connectivity index (χ1v) is 21.5. The summed E-state index contributed by atoms with van der Waals surface area (Å²) in [6.45, 7) is 9.26. The van der Waals surface area contributed by atoms with Crippen LogP contribution in [0.25, 0.3) is 0 Å². The minimum absolute atomic E-state index is 0.0427. The highest BCUT2D eigenvalue weighted by Gasteiger charge is 2.41. The molecule has 2 aliphatic rings. The van der Waals surface area contributed by atoms with Gasteiger partial charge in [0.15, 0.2) is 16.9 Å². The number of piperidine rings is 1. The molecule has 11 nitrogen and oxygen atoms in total. The van der Waals surface area contributed by atoms with Gasteiger partial charge in [-0.2, -0.15) is 10.5 Å². The van der Waals surface area contributed by atoms with Gasteiger partial charge >= 0.3 is 0 Å². The second-order valence-corrected chi connectivity index (χ2v) is 16.4. The first-order valence-electron chi connectivity index (χ1n) is 21.5. The largest absolute Gasteiger partial charge is 0.354 e. The van der Waals surface area contributed by atoms with Crippen molar-refractivity contribution in [1.82, 2.24) is 34.9 Å². The SMILES string of the molecule is Cc1cc(C)cc(CN2CCN(CCC(=O)N(Cc3nnn(C(c4ccccc4)(c4ccccc4)c4ccccc4)n3)c3cccc(CN4CCCCC4)c3)C2=C(C#N)C#N)c1. The van der Waals surface area contributed by atoms with Crippen molar-refractivity contribution < 1.29 is 4.79 Å². The van der Waals surface area contributed by atoms with E-state index < -0.39 is 5.54 Å². The first-order chi connectivity index (χ1) is 30.3. The van der Waals surface area contributed by atoms with Gasteiger partial charge in [0.05, 0.1) is 6.54 Å². The van der Waals surface area contributed by atoms with Gasteiger partial charge in [0.2, 0.25) is 5.91 Å². The second-order valence-electron chi connectivity index (χ2n) is 16.4. The van der Waals surface area contributed by atoms with Gasteiger partial charge in [-0.05, 0) is 84.9 Å². The molecule has 0 N–H and O–H groups in total. The van der Waals surface area contributed by atoms with E-state index in [4.69, 9.17) is 10.3 Å². The van der Waals surface area contributed by atoms with Crippen molar-refractivity contribution in [2.24, 2.45) is 0 Å². The Labute approximate surface area is 364 Å². The van der Waals surface area contributed by atoms with Crippen LogP contribution in [-0.4, -0.2) is 73.5 Å². The number of aromatic nitrogens is 4. The Morgan fingerprint density at radius 1 is 0.677 bits per heavy atom. The number of nitrogens with zero attached hydrogens (tertiary/aromatic N) is 10. The number of allylic oxidation sites excluding steroid dienone is 1. The normalized spacial score (nSPS) is 14.4. The molecule has 8 rings (SSSR count). The molecule has 312 valence electrons. The van der Waals surface area contributed by atoms with Crippen LogP contribution in [0.4, 0.5) is 5.69 Å². The highest BCUT2D eigenvalue weighted by Crippen LogP contribution is 2.39. The van der Waals surface area contributed by atoms with Crippen LogP contribution < -0.4 is 4.90 Å². The Balaban J connectivity index is 1.12. The van der Waals surface area contributed by atoms with Crippen LogP contribution in [0.1, 0.15) is 70.5 Å². The van der Waals surface area contributed by atoms with Crippen LogP contribution >= 0.6 is 0 Å². The minimum atomic E-state index is -0.959. The van der Waals surface area contributed by atoms with Gasteiger partial charge in [-0.1, -0.05) is 139 Å². The minimum Gasteiger partial charge on any atom is -0.354 e. The lowest BCUT2D eigenvalue weighted by Gasteiger charge is -2.34. The molecule has 0 radical (unpaired) electrons. The molecule has 6 aromatic rings. The van der Waals surface area contributed by atoms with Crippen LogP contribution in [0, 0.1) is 36.5 Å². The van der Waals surface area contributed by atoms with E-state index in [1.54, 1.807) is 9.70 Å². The summed E-state index contributed by atoms with van der Waals surface area (Å²) in [6, 6.07) is 49.5. The number of tetrazole rings is 1. The van der Waals surface area contributed by atoms with E-state index >= 15 is 0 Å². The fourth-order valence-electron chi connectivity index (χ4n) is 9.21. The molecule has 0 saturated carbocycles. The zero-order valence-electron chi connectivity index (χ0n) is 35.6. The Bertz CT molecular complexity index is 2450. The molecule has 2 fully saturated rings. The van der Waals surface area contributed by atoms with Crippen LogP contribution in [0.3, 0.4) is 0 Å². The molecule has 0 atom stereocenters. The van der Waals surface area contributed by atoms with Crippen molar-refractivity contribution in [3.8, 4) is 12.1 Å². The van der Waals surface area contributed by atoms with Gasteiger partial charge in [-0.3, -0.25) is 9.69 Å². The van der Waals surface area contributed by atoms with Gasteiger partial charge in [0, 0.05) is 44.8 Å². The lowest BCUT2D eigenvalue weighted by atomic mass is 9.77. The predicted octanol–water partition coefficient (Wildman–Crippen LogP) is 8.12. The lowest BCUT2D eigenvalue weighted by molar-refractivity contribution is -0.119. The average molecular weight is 821 g/mol. The number of carbonyl (C=O) groups is 1. The van der Waals surface area contributed by atoms with Gasteiger partial charge in [-0.25, -0.2) is 0 Å². The van der Waals surface area contributed by atoms with Crippen molar-refractivity contribution in [3.05, 3.63) is 190 Å². The molecule has 5 aromatic carbocycles. The van der Waals surface area contributed by atoms with Crippen molar-refractivity contribution >= 4 is 11.6 Å². The standard InChI is InChI=1S/C51H52N10O/c1-39-30-40(2)32-42(31-39)37-59-29-28-58(50(59)43(34-52)35-53)27-24-49(62)60(47-23-15-16-41(33-47)36-57-25-13-6-14-26-57)38-48-54-56-61(55-48)51(44-17-7-3-8-18-44,45-19-9-4-10-20-45)46-21-11-5-12-22-46/h3-5,7-12,15-23,30-33H,6,13-14,24-29,36-38H2,1-2H3. The van der Waals surface area contributed by atoms with Gasteiger partial charge in [0.1, 0.15) is 18.0 Å². The summed E-state index contributed by atoms with van der Waals surface area (Å²) in [5, 5.41) is 34.8. The Morgan fingerprint density at radius 2 is 1.27 bits per heavy atom. The van der Waals surface area contributed by atoms with Crippen LogP contribution in [0.5, 0.6) is 0 Å². The van der Waals surface area contributed by atoms with E-state index in [0.29, 0.717) is 37.8 Å². The number of benzene rings is 5. The summed E-state index contributed by atoms with van der Waals surface area (Å²) < 4.78 is 0. The van der Waals surface area contributed by atoms with Crippen LogP contribution in [0.2, 0.25) is 0 Å². The molecule has 3 heterocycles. The summed E-state index contributed by atoms with van der Waals surface area (Å²) >= 11 is 0. The van der Waals surface area contributed by atoms with Gasteiger partial charge in [0.25, 0.3) is 0 Å². The molecular formula is C51H52N10O. The summed E-state index contributed by atoms with van der Waals surface area (Å²) in [4.78, 5) is 24.8. The third-order valence-corrected chi connectivity index (χ3v) is 11.9. The van der Waals surface area contributed by atoms with E-state index in [0.717, 1.165) is 64.3 Å². The van der Waals surface area contributed by atoms with Crippen molar-refractivity contribution in [2.75, 3.05) is 37.6 Å². The van der Waals surface area contributed by atoms with E-state index in [9.17, 15) is 15.3 Å². The summed E-state index contributed by atoms with van der Waals surface area (Å²) in [5.74, 6) is 0.838. The van der Waals surface area contributed by atoms with Gasteiger partial charge < -0.3 is 14.7 Å². The zero-order valence-corrected chi connectivity index (χ0v) is 35.6. The summed E-state index contributed by atoms with van der Waals surface area (Å²) in [5.41, 5.74) is 7.31. The van der Waals surface area contributed by atoms with E-state index in [2.05, 4.69) is 108 Å². The molecule has 0 bridgehead atoms.